The van der Waals surface area contributed by atoms with Gasteiger partial charge in [-0.2, -0.15) is 0 Å². The molecule has 3 aromatic heterocycles. The number of pyridine rings is 2. The number of piperidine rings is 1. The third kappa shape index (κ3) is 3.32. The number of nitrogens with one attached hydrogen (secondary N) is 2. The first-order chi connectivity index (χ1) is 16.7. The minimum absolute atomic E-state index is 0.542. The molecule has 0 amide bonds. The van der Waals surface area contributed by atoms with Crippen molar-refractivity contribution in [2.75, 3.05) is 36.9 Å². The molecule has 4 aromatic rings. The minimum atomic E-state index is 0.542. The van der Waals surface area contributed by atoms with Crippen molar-refractivity contribution in [2.45, 2.75) is 28.9 Å². The van der Waals surface area contributed by atoms with E-state index in [9.17, 15) is 0 Å². The highest BCUT2D eigenvalue weighted by atomic mass is 32.2. The lowest BCUT2D eigenvalue weighted by molar-refractivity contribution is 0.471. The van der Waals surface area contributed by atoms with Crippen molar-refractivity contribution in [1.82, 2.24) is 25.3 Å². The van der Waals surface area contributed by atoms with Crippen molar-refractivity contribution < 1.29 is 0 Å². The van der Waals surface area contributed by atoms with Gasteiger partial charge in [0.1, 0.15) is 5.82 Å². The highest BCUT2D eigenvalue weighted by molar-refractivity contribution is 7.99. The van der Waals surface area contributed by atoms with Crippen LogP contribution in [0.2, 0.25) is 0 Å². The van der Waals surface area contributed by atoms with E-state index in [0.29, 0.717) is 12.0 Å². The summed E-state index contributed by atoms with van der Waals surface area (Å²) >= 11 is 1.57. The van der Waals surface area contributed by atoms with Crippen LogP contribution < -0.4 is 15.5 Å². The lowest BCUT2D eigenvalue weighted by Gasteiger charge is -2.33. The fourth-order valence-corrected chi connectivity index (χ4v) is 6.44. The average molecular weight is 468 g/mol. The Morgan fingerprint density at radius 1 is 1.09 bits per heavy atom. The number of hydrogen-bond acceptors (Lipinski definition) is 8. The van der Waals surface area contributed by atoms with Crippen molar-refractivity contribution >= 4 is 34.3 Å². The third-order valence-electron chi connectivity index (χ3n) is 7.17. The summed E-state index contributed by atoms with van der Waals surface area (Å²) in [4.78, 5) is 22.8. The van der Waals surface area contributed by atoms with Gasteiger partial charge in [-0.15, -0.1) is 0 Å². The standard InChI is InChI=1S/C26H25N7S/c1-27-20-5-2-4-18-19(20)10-23-24(18)25(33-13-15-8-16(14-33)29-11-15)32-26(31-23)34-17-9-22-21(30-12-17)6-3-7-28-22/h2-7,9,12,15-16,27,29H,8,10-11,13-14H2,1H3. The van der Waals surface area contributed by atoms with Crippen LogP contribution in [0.15, 0.2) is 58.8 Å². The molecule has 2 fully saturated rings. The first-order valence-electron chi connectivity index (χ1n) is 11.8. The maximum Gasteiger partial charge on any atom is 0.194 e. The molecule has 5 heterocycles. The lowest BCUT2D eigenvalue weighted by Crippen LogP contribution is -2.42. The van der Waals surface area contributed by atoms with E-state index in [2.05, 4.69) is 49.8 Å². The molecular weight excluding hydrogens is 442 g/mol. The molecule has 7 nitrogen and oxygen atoms in total. The lowest BCUT2D eigenvalue weighted by atomic mass is 9.99. The summed E-state index contributed by atoms with van der Waals surface area (Å²) < 4.78 is 0. The Bertz CT molecular complexity index is 1410. The van der Waals surface area contributed by atoms with Crippen LogP contribution in [0.4, 0.5) is 11.5 Å². The molecule has 2 atom stereocenters. The van der Waals surface area contributed by atoms with Gasteiger partial charge in [0.05, 0.1) is 16.7 Å². The second-order valence-electron chi connectivity index (χ2n) is 9.34. The van der Waals surface area contributed by atoms with Gasteiger partial charge in [0.2, 0.25) is 0 Å². The first kappa shape index (κ1) is 20.2. The quantitative estimate of drug-likeness (QED) is 0.384. The summed E-state index contributed by atoms with van der Waals surface area (Å²) in [6.45, 7) is 3.14. The zero-order valence-electron chi connectivity index (χ0n) is 19.0. The summed E-state index contributed by atoms with van der Waals surface area (Å²) in [7, 11) is 1.99. The van der Waals surface area contributed by atoms with Gasteiger partial charge in [-0.1, -0.05) is 12.1 Å². The Kier molecular flexibility index (Phi) is 4.70. The molecule has 0 saturated carbocycles. The van der Waals surface area contributed by atoms with Crippen LogP contribution in [0.3, 0.4) is 0 Å². The number of hydrogen-bond donors (Lipinski definition) is 2. The zero-order valence-corrected chi connectivity index (χ0v) is 19.8. The molecule has 1 aliphatic carbocycles. The fraction of sp³-hybridized carbons (Fsp3) is 0.308. The van der Waals surface area contributed by atoms with E-state index in [1.54, 1.807) is 18.0 Å². The van der Waals surface area contributed by atoms with E-state index in [1.807, 2.05) is 25.4 Å². The van der Waals surface area contributed by atoms with Gasteiger partial charge >= 0.3 is 0 Å². The number of anilines is 2. The Hall–Kier alpha value is -3.23. The normalized spacial score (nSPS) is 20.4. The van der Waals surface area contributed by atoms with E-state index in [-0.39, 0.29) is 0 Å². The first-order valence-corrected chi connectivity index (χ1v) is 12.6. The Balaban J connectivity index is 1.33. The highest BCUT2D eigenvalue weighted by Crippen LogP contribution is 2.46. The summed E-state index contributed by atoms with van der Waals surface area (Å²) in [5.41, 5.74) is 7.84. The summed E-state index contributed by atoms with van der Waals surface area (Å²) in [6.07, 6.45) is 5.78. The van der Waals surface area contributed by atoms with Gasteiger partial charge in [-0.3, -0.25) is 9.97 Å². The molecule has 2 unspecified atom stereocenters. The highest BCUT2D eigenvalue weighted by Gasteiger charge is 2.36. The van der Waals surface area contributed by atoms with Crippen molar-refractivity contribution in [1.29, 1.82) is 0 Å². The van der Waals surface area contributed by atoms with Gasteiger partial charge in [-0.25, -0.2) is 9.97 Å². The van der Waals surface area contributed by atoms with Crippen molar-refractivity contribution in [3.8, 4) is 11.1 Å². The van der Waals surface area contributed by atoms with Crippen LogP contribution in [0, 0.1) is 5.92 Å². The van der Waals surface area contributed by atoms with Crippen LogP contribution in [0.1, 0.15) is 17.7 Å². The zero-order chi connectivity index (χ0) is 22.6. The number of nitrogens with zero attached hydrogens (tertiary/aromatic N) is 5. The molecule has 2 N–H and O–H groups in total. The molecule has 3 aliphatic rings. The molecule has 2 saturated heterocycles. The number of rotatable bonds is 4. The second-order valence-corrected chi connectivity index (χ2v) is 10.4. The van der Waals surface area contributed by atoms with E-state index in [4.69, 9.17) is 9.97 Å². The summed E-state index contributed by atoms with van der Waals surface area (Å²) in [5.74, 6) is 1.76. The van der Waals surface area contributed by atoms with Gasteiger partial charge in [0.15, 0.2) is 5.16 Å². The Labute approximate surface area is 202 Å². The predicted octanol–water partition coefficient (Wildman–Crippen LogP) is 3.98. The number of fused-ring (bicyclic) bond motifs is 6. The maximum atomic E-state index is 5.18. The Morgan fingerprint density at radius 2 is 2.06 bits per heavy atom. The number of benzene rings is 1. The molecule has 0 spiro atoms. The van der Waals surface area contributed by atoms with Crippen LogP contribution in [-0.2, 0) is 6.42 Å². The van der Waals surface area contributed by atoms with Crippen LogP contribution in [0.5, 0.6) is 0 Å². The maximum absolute atomic E-state index is 5.18. The molecule has 170 valence electrons. The average Bonchev–Trinajstić information content (AvgIpc) is 3.41. The molecule has 2 aliphatic heterocycles. The van der Waals surface area contributed by atoms with E-state index < -0.39 is 0 Å². The smallest absolute Gasteiger partial charge is 0.194 e. The molecular formula is C26H25N7S. The van der Waals surface area contributed by atoms with Crippen LogP contribution >= 0.6 is 11.8 Å². The fourth-order valence-electron chi connectivity index (χ4n) is 5.66. The number of aromatic nitrogens is 4. The summed E-state index contributed by atoms with van der Waals surface area (Å²) in [5, 5.41) is 7.82. The van der Waals surface area contributed by atoms with Crippen molar-refractivity contribution in [2.24, 2.45) is 5.92 Å². The molecule has 7 rings (SSSR count). The molecule has 8 heteroatoms. The van der Waals surface area contributed by atoms with E-state index >= 15 is 0 Å². The molecule has 1 aromatic carbocycles. The largest absolute Gasteiger partial charge is 0.388 e. The van der Waals surface area contributed by atoms with Gasteiger partial charge in [-0.05, 0) is 59.5 Å². The van der Waals surface area contributed by atoms with Gasteiger partial charge < -0.3 is 15.5 Å². The molecule has 0 radical (unpaired) electrons. The minimum Gasteiger partial charge on any atom is -0.388 e. The monoisotopic (exact) mass is 467 g/mol. The Morgan fingerprint density at radius 3 is 2.97 bits per heavy atom. The van der Waals surface area contributed by atoms with Crippen LogP contribution in [0.25, 0.3) is 22.2 Å². The SMILES string of the molecule is CNc1cccc2c1Cc1nc(Sc3cnc4cccnc4c3)nc(N3CC4CNC(C4)C3)c1-2. The van der Waals surface area contributed by atoms with E-state index in [0.717, 1.165) is 58.7 Å². The van der Waals surface area contributed by atoms with Crippen molar-refractivity contribution in [3.05, 3.63) is 60.0 Å². The molecule has 34 heavy (non-hydrogen) atoms. The topological polar surface area (TPSA) is 78.9 Å². The van der Waals surface area contributed by atoms with E-state index in [1.165, 1.54) is 28.8 Å². The summed E-state index contributed by atoms with van der Waals surface area (Å²) in [6, 6.07) is 13.0. The second kappa shape index (κ2) is 7.92. The van der Waals surface area contributed by atoms with Crippen LogP contribution in [-0.4, -0.2) is 52.7 Å². The molecule has 2 bridgehead atoms. The van der Waals surface area contributed by atoms with Crippen molar-refractivity contribution in [3.63, 3.8) is 0 Å². The predicted molar refractivity (Wildman–Crippen MR) is 136 cm³/mol. The van der Waals surface area contributed by atoms with Gasteiger partial charge in [0.25, 0.3) is 0 Å². The third-order valence-corrected chi connectivity index (χ3v) is 7.99. The van der Waals surface area contributed by atoms with Gasteiger partial charge in [0, 0.05) is 67.7 Å².